The number of hydrogen-bond donors (Lipinski definition) is 1. The van der Waals surface area contributed by atoms with Crippen molar-refractivity contribution in [1.29, 1.82) is 0 Å². The van der Waals surface area contributed by atoms with Gasteiger partial charge in [-0.15, -0.1) is 0 Å². The normalized spacial score (nSPS) is 22.4. The van der Waals surface area contributed by atoms with Crippen molar-refractivity contribution in [2.24, 2.45) is 0 Å². The average molecular weight is 267 g/mol. The summed E-state index contributed by atoms with van der Waals surface area (Å²) in [6.07, 6.45) is 0.0228. The van der Waals surface area contributed by atoms with Gasteiger partial charge in [0, 0.05) is 12.1 Å². The van der Waals surface area contributed by atoms with Crippen LogP contribution < -0.4 is 5.32 Å². The van der Waals surface area contributed by atoms with Gasteiger partial charge >= 0.3 is 6.03 Å². The first-order chi connectivity index (χ1) is 8.78. The number of morpholine rings is 1. The molecular weight excluding hydrogens is 246 g/mol. The summed E-state index contributed by atoms with van der Waals surface area (Å²) in [5.41, 5.74) is 0.526. The van der Waals surface area contributed by atoms with Gasteiger partial charge in [0.15, 0.2) is 5.82 Å². The Morgan fingerprint density at radius 1 is 1.47 bits per heavy atom. The minimum Gasteiger partial charge on any atom is -0.369 e. The van der Waals surface area contributed by atoms with E-state index in [9.17, 15) is 4.79 Å². The van der Waals surface area contributed by atoms with Gasteiger partial charge in [0.05, 0.1) is 18.2 Å². The smallest absolute Gasteiger partial charge is 0.323 e. The Labute approximate surface area is 113 Å². The zero-order valence-corrected chi connectivity index (χ0v) is 12.1. The van der Waals surface area contributed by atoms with E-state index in [1.54, 1.807) is 4.90 Å². The van der Waals surface area contributed by atoms with Gasteiger partial charge < -0.3 is 14.2 Å². The van der Waals surface area contributed by atoms with Gasteiger partial charge in [0.25, 0.3) is 0 Å². The molecule has 19 heavy (non-hydrogen) atoms. The van der Waals surface area contributed by atoms with Gasteiger partial charge in [0.2, 0.25) is 0 Å². The van der Waals surface area contributed by atoms with Gasteiger partial charge in [0.1, 0.15) is 5.76 Å². The molecule has 2 heterocycles. The van der Waals surface area contributed by atoms with Crippen LogP contribution in [0, 0.1) is 13.8 Å². The molecular formula is C13H21N3O3. The molecule has 1 saturated heterocycles. The number of aromatic nitrogens is 1. The molecule has 6 heteroatoms. The Kier molecular flexibility index (Phi) is 3.54. The second-order valence-electron chi connectivity index (χ2n) is 5.71. The van der Waals surface area contributed by atoms with Crippen LogP contribution in [0.3, 0.4) is 0 Å². The molecule has 106 valence electrons. The lowest BCUT2D eigenvalue weighted by Gasteiger charge is -2.41. The summed E-state index contributed by atoms with van der Waals surface area (Å²) < 4.78 is 10.8. The molecule has 1 aliphatic heterocycles. The van der Waals surface area contributed by atoms with E-state index in [0.717, 1.165) is 5.56 Å². The molecule has 0 saturated carbocycles. The second-order valence-corrected chi connectivity index (χ2v) is 5.71. The van der Waals surface area contributed by atoms with Crippen LogP contribution in [-0.2, 0) is 4.74 Å². The fraction of sp³-hybridized carbons (Fsp3) is 0.692. The molecule has 1 aromatic rings. The molecule has 0 radical (unpaired) electrons. The number of urea groups is 1. The first kappa shape index (κ1) is 13.9. The van der Waals surface area contributed by atoms with Gasteiger partial charge in [-0.25, -0.2) is 4.79 Å². The standard InChI is InChI=1S/C13H21N3O3/c1-8-6-16(7-13(4,5)18-8)12(17)14-11-9(2)10(3)19-15-11/h8H,6-7H2,1-5H3,(H,14,15,17). The van der Waals surface area contributed by atoms with E-state index in [4.69, 9.17) is 9.26 Å². The lowest BCUT2D eigenvalue weighted by Crippen LogP contribution is -2.54. The van der Waals surface area contributed by atoms with Crippen molar-refractivity contribution in [2.75, 3.05) is 18.4 Å². The maximum absolute atomic E-state index is 12.2. The molecule has 1 N–H and O–H groups in total. The molecule has 0 aliphatic carbocycles. The first-order valence-corrected chi connectivity index (χ1v) is 6.45. The van der Waals surface area contributed by atoms with Gasteiger partial charge in [-0.1, -0.05) is 5.16 Å². The van der Waals surface area contributed by atoms with Crippen molar-refractivity contribution in [3.8, 4) is 0 Å². The summed E-state index contributed by atoms with van der Waals surface area (Å²) in [5.74, 6) is 1.20. The predicted molar refractivity (Wildman–Crippen MR) is 71.2 cm³/mol. The number of amides is 2. The number of carbonyl (C=O) groups is 1. The number of anilines is 1. The summed E-state index contributed by atoms with van der Waals surface area (Å²) in [6.45, 7) is 10.7. The van der Waals surface area contributed by atoms with Crippen LogP contribution in [0.4, 0.5) is 10.6 Å². The average Bonchev–Trinajstić information content (AvgIpc) is 2.58. The Morgan fingerprint density at radius 3 is 2.68 bits per heavy atom. The van der Waals surface area contributed by atoms with E-state index in [2.05, 4.69) is 10.5 Å². The van der Waals surface area contributed by atoms with Crippen molar-refractivity contribution < 1.29 is 14.1 Å². The van der Waals surface area contributed by atoms with Crippen LogP contribution in [0.15, 0.2) is 4.52 Å². The van der Waals surface area contributed by atoms with Crippen LogP contribution in [0.1, 0.15) is 32.1 Å². The third-order valence-corrected chi connectivity index (χ3v) is 3.24. The molecule has 1 aromatic heterocycles. The quantitative estimate of drug-likeness (QED) is 0.848. The number of aryl methyl sites for hydroxylation is 1. The van der Waals surface area contributed by atoms with E-state index in [-0.39, 0.29) is 17.7 Å². The second kappa shape index (κ2) is 4.85. The molecule has 0 aromatic carbocycles. The minimum absolute atomic E-state index is 0.0228. The zero-order chi connectivity index (χ0) is 14.2. The SMILES string of the molecule is Cc1onc(NC(=O)N2CC(C)OC(C)(C)C2)c1C. The summed E-state index contributed by atoms with van der Waals surface area (Å²) in [4.78, 5) is 14.0. The topological polar surface area (TPSA) is 67.6 Å². The van der Waals surface area contributed by atoms with Crippen LogP contribution >= 0.6 is 0 Å². The number of carbonyl (C=O) groups excluding carboxylic acids is 1. The van der Waals surface area contributed by atoms with E-state index >= 15 is 0 Å². The predicted octanol–water partition coefficient (Wildman–Crippen LogP) is 2.32. The largest absolute Gasteiger partial charge is 0.369 e. The van der Waals surface area contributed by atoms with Crippen molar-refractivity contribution in [3.05, 3.63) is 11.3 Å². The number of nitrogens with zero attached hydrogens (tertiary/aromatic N) is 2. The Bertz CT molecular complexity index is 481. The Morgan fingerprint density at radius 2 is 2.16 bits per heavy atom. The van der Waals surface area contributed by atoms with Crippen LogP contribution in [0.2, 0.25) is 0 Å². The highest BCUT2D eigenvalue weighted by Crippen LogP contribution is 2.22. The summed E-state index contributed by atoms with van der Waals surface area (Å²) in [5, 5.41) is 6.63. The summed E-state index contributed by atoms with van der Waals surface area (Å²) in [7, 11) is 0. The zero-order valence-electron chi connectivity index (χ0n) is 12.1. The number of hydrogen-bond acceptors (Lipinski definition) is 4. The van der Waals surface area contributed by atoms with Gasteiger partial charge in [-0.3, -0.25) is 5.32 Å². The molecule has 2 amide bonds. The number of rotatable bonds is 1. The van der Waals surface area contributed by atoms with E-state index < -0.39 is 0 Å². The molecule has 1 atom stereocenters. The molecule has 2 rings (SSSR count). The summed E-state index contributed by atoms with van der Waals surface area (Å²) >= 11 is 0. The highest BCUT2D eigenvalue weighted by Gasteiger charge is 2.34. The molecule has 6 nitrogen and oxygen atoms in total. The maximum atomic E-state index is 12.2. The molecule has 0 bridgehead atoms. The van der Waals surface area contributed by atoms with Crippen molar-refractivity contribution in [2.45, 2.75) is 46.3 Å². The fourth-order valence-corrected chi connectivity index (χ4v) is 2.32. The lowest BCUT2D eigenvalue weighted by molar-refractivity contribution is -0.116. The highest BCUT2D eigenvalue weighted by atomic mass is 16.5. The Hall–Kier alpha value is -1.56. The number of nitrogens with one attached hydrogen (secondary N) is 1. The first-order valence-electron chi connectivity index (χ1n) is 6.45. The van der Waals surface area contributed by atoms with Crippen LogP contribution in [0.25, 0.3) is 0 Å². The third kappa shape index (κ3) is 3.07. The fourth-order valence-electron chi connectivity index (χ4n) is 2.32. The van der Waals surface area contributed by atoms with Gasteiger partial charge in [-0.2, -0.15) is 0 Å². The van der Waals surface area contributed by atoms with Crippen molar-refractivity contribution in [3.63, 3.8) is 0 Å². The van der Waals surface area contributed by atoms with Crippen molar-refractivity contribution >= 4 is 11.8 Å². The monoisotopic (exact) mass is 267 g/mol. The third-order valence-electron chi connectivity index (χ3n) is 3.24. The van der Waals surface area contributed by atoms with Crippen molar-refractivity contribution in [1.82, 2.24) is 10.1 Å². The van der Waals surface area contributed by atoms with E-state index in [0.29, 0.717) is 24.7 Å². The van der Waals surface area contributed by atoms with Crippen LogP contribution in [-0.4, -0.2) is 40.9 Å². The maximum Gasteiger partial charge on any atom is 0.323 e. The molecule has 1 fully saturated rings. The van der Waals surface area contributed by atoms with Gasteiger partial charge in [-0.05, 0) is 34.6 Å². The number of ether oxygens (including phenoxy) is 1. The minimum atomic E-state index is -0.330. The Balaban J connectivity index is 2.06. The highest BCUT2D eigenvalue weighted by molar-refractivity contribution is 5.89. The van der Waals surface area contributed by atoms with E-state index in [1.165, 1.54) is 0 Å². The molecule has 1 unspecified atom stereocenters. The molecule has 0 spiro atoms. The molecule has 1 aliphatic rings. The lowest BCUT2D eigenvalue weighted by atomic mass is 10.1. The van der Waals surface area contributed by atoms with E-state index in [1.807, 2.05) is 34.6 Å². The summed E-state index contributed by atoms with van der Waals surface area (Å²) in [6, 6.07) is -0.167. The van der Waals surface area contributed by atoms with Crippen LogP contribution in [0.5, 0.6) is 0 Å².